The number of likely N-dealkylation sites (N-methyl/N-ethyl adjacent to an activating group) is 1. The van der Waals surface area contributed by atoms with Crippen molar-refractivity contribution in [2.75, 3.05) is 13.6 Å². The normalized spacial score (nSPS) is 15.2. The molecule has 4 heteroatoms. The molecule has 1 rings (SSSR count). The van der Waals surface area contributed by atoms with Crippen LogP contribution in [-0.4, -0.2) is 18.7 Å². The van der Waals surface area contributed by atoms with Crippen LogP contribution in [0.15, 0.2) is 18.2 Å². The van der Waals surface area contributed by atoms with Gasteiger partial charge in [-0.3, -0.25) is 0 Å². The Morgan fingerprint density at radius 3 is 2.50 bits per heavy atom. The van der Waals surface area contributed by atoms with Gasteiger partial charge in [-0.05, 0) is 31.7 Å². The van der Waals surface area contributed by atoms with E-state index < -0.39 is 5.60 Å². The summed E-state index contributed by atoms with van der Waals surface area (Å²) in [6.07, 6.45) is 0. The summed E-state index contributed by atoms with van der Waals surface area (Å²) in [7, 11) is 1.78. The van der Waals surface area contributed by atoms with Crippen molar-refractivity contribution in [2.24, 2.45) is 0 Å². The standard InChI is InChI=1S/C10H13Cl2NO/c1-10(14,6-13-2)7-3-4-8(11)9(12)5-7/h3-5,13-14H,6H2,1-2H3. The van der Waals surface area contributed by atoms with E-state index >= 15 is 0 Å². The fourth-order valence-corrected chi connectivity index (χ4v) is 1.58. The van der Waals surface area contributed by atoms with Crippen LogP contribution in [0.2, 0.25) is 10.0 Å². The van der Waals surface area contributed by atoms with Gasteiger partial charge in [0.15, 0.2) is 0 Å². The van der Waals surface area contributed by atoms with E-state index in [9.17, 15) is 5.11 Å². The highest BCUT2D eigenvalue weighted by molar-refractivity contribution is 6.42. The number of halogens is 2. The molecule has 1 aromatic rings. The maximum absolute atomic E-state index is 10.0. The van der Waals surface area contributed by atoms with Gasteiger partial charge in [0, 0.05) is 6.54 Å². The Kier molecular flexibility index (Phi) is 3.78. The van der Waals surface area contributed by atoms with Gasteiger partial charge in [0.05, 0.1) is 15.6 Å². The van der Waals surface area contributed by atoms with Crippen molar-refractivity contribution in [1.82, 2.24) is 5.32 Å². The predicted molar refractivity (Wildman–Crippen MR) is 60.0 cm³/mol. The summed E-state index contributed by atoms with van der Waals surface area (Å²) in [5.41, 5.74) is -0.176. The van der Waals surface area contributed by atoms with E-state index in [2.05, 4.69) is 5.32 Å². The average molecular weight is 234 g/mol. The van der Waals surface area contributed by atoms with Gasteiger partial charge in [-0.15, -0.1) is 0 Å². The second-order valence-corrected chi connectivity index (χ2v) is 4.25. The van der Waals surface area contributed by atoms with Crippen LogP contribution < -0.4 is 5.32 Å². The molecular weight excluding hydrogens is 221 g/mol. The van der Waals surface area contributed by atoms with Crippen LogP contribution in [0.25, 0.3) is 0 Å². The van der Waals surface area contributed by atoms with E-state index in [0.717, 1.165) is 5.56 Å². The zero-order valence-electron chi connectivity index (χ0n) is 8.14. The first kappa shape index (κ1) is 11.8. The molecule has 0 fully saturated rings. The Bertz CT molecular complexity index is 326. The zero-order valence-corrected chi connectivity index (χ0v) is 9.65. The molecule has 0 aromatic heterocycles. The lowest BCUT2D eigenvalue weighted by atomic mass is 9.96. The van der Waals surface area contributed by atoms with Crippen LogP contribution in [0, 0.1) is 0 Å². The molecule has 0 aliphatic rings. The topological polar surface area (TPSA) is 32.3 Å². The molecule has 1 aromatic carbocycles. The molecule has 0 spiro atoms. The van der Waals surface area contributed by atoms with Crippen LogP contribution in [0.4, 0.5) is 0 Å². The first-order valence-corrected chi connectivity index (χ1v) is 5.05. The van der Waals surface area contributed by atoms with Crippen LogP contribution >= 0.6 is 23.2 Å². The molecule has 0 aliphatic heterocycles. The second-order valence-electron chi connectivity index (χ2n) is 3.43. The van der Waals surface area contributed by atoms with Crippen molar-refractivity contribution >= 4 is 23.2 Å². The Balaban J connectivity index is 3.01. The first-order chi connectivity index (χ1) is 6.47. The highest BCUT2D eigenvalue weighted by Gasteiger charge is 2.22. The number of hydrogen-bond acceptors (Lipinski definition) is 2. The van der Waals surface area contributed by atoms with E-state index in [-0.39, 0.29) is 0 Å². The van der Waals surface area contributed by atoms with Gasteiger partial charge in [0.1, 0.15) is 0 Å². The third kappa shape index (κ3) is 2.61. The molecule has 0 aliphatic carbocycles. The lowest BCUT2D eigenvalue weighted by molar-refractivity contribution is 0.0592. The van der Waals surface area contributed by atoms with Crippen molar-refractivity contribution in [3.05, 3.63) is 33.8 Å². The molecular formula is C10H13Cl2NO. The zero-order chi connectivity index (χ0) is 10.8. The minimum absolute atomic E-state index is 0.459. The number of rotatable bonds is 3. The number of hydrogen-bond donors (Lipinski definition) is 2. The van der Waals surface area contributed by atoms with E-state index in [0.29, 0.717) is 16.6 Å². The minimum Gasteiger partial charge on any atom is -0.384 e. The first-order valence-electron chi connectivity index (χ1n) is 4.30. The number of nitrogens with one attached hydrogen (secondary N) is 1. The van der Waals surface area contributed by atoms with E-state index in [4.69, 9.17) is 23.2 Å². The molecule has 0 amide bonds. The molecule has 1 atom stereocenters. The smallest absolute Gasteiger partial charge is 0.0992 e. The molecule has 14 heavy (non-hydrogen) atoms. The molecule has 1 unspecified atom stereocenters. The Morgan fingerprint density at radius 2 is 2.00 bits per heavy atom. The van der Waals surface area contributed by atoms with Crippen LogP contribution in [0.5, 0.6) is 0 Å². The quantitative estimate of drug-likeness (QED) is 0.841. The highest BCUT2D eigenvalue weighted by Crippen LogP contribution is 2.28. The minimum atomic E-state index is -0.928. The Morgan fingerprint density at radius 1 is 1.36 bits per heavy atom. The summed E-state index contributed by atoms with van der Waals surface area (Å²) in [4.78, 5) is 0. The molecule has 0 saturated heterocycles. The second kappa shape index (κ2) is 4.49. The van der Waals surface area contributed by atoms with E-state index in [1.807, 2.05) is 0 Å². The van der Waals surface area contributed by atoms with Crippen LogP contribution in [0.3, 0.4) is 0 Å². The fraction of sp³-hybridized carbons (Fsp3) is 0.400. The van der Waals surface area contributed by atoms with Gasteiger partial charge in [-0.1, -0.05) is 29.3 Å². The number of aliphatic hydroxyl groups is 1. The molecule has 0 radical (unpaired) electrons. The molecule has 78 valence electrons. The highest BCUT2D eigenvalue weighted by atomic mass is 35.5. The summed E-state index contributed by atoms with van der Waals surface area (Å²) in [6.45, 7) is 2.19. The Hall–Kier alpha value is -0.280. The maximum Gasteiger partial charge on any atom is 0.0992 e. The van der Waals surface area contributed by atoms with Gasteiger partial charge in [-0.25, -0.2) is 0 Å². The largest absolute Gasteiger partial charge is 0.384 e. The summed E-state index contributed by atoms with van der Waals surface area (Å²) >= 11 is 11.6. The van der Waals surface area contributed by atoms with Gasteiger partial charge < -0.3 is 10.4 Å². The van der Waals surface area contributed by atoms with Gasteiger partial charge in [-0.2, -0.15) is 0 Å². The van der Waals surface area contributed by atoms with Crippen molar-refractivity contribution in [3.63, 3.8) is 0 Å². The molecule has 0 heterocycles. The maximum atomic E-state index is 10.0. The third-order valence-electron chi connectivity index (χ3n) is 2.06. The SMILES string of the molecule is CNCC(C)(O)c1ccc(Cl)c(Cl)c1. The molecule has 2 N–H and O–H groups in total. The average Bonchev–Trinajstić information content (AvgIpc) is 2.09. The van der Waals surface area contributed by atoms with Gasteiger partial charge >= 0.3 is 0 Å². The van der Waals surface area contributed by atoms with E-state index in [1.165, 1.54) is 0 Å². The summed E-state index contributed by atoms with van der Waals surface area (Å²) in [6, 6.07) is 5.14. The summed E-state index contributed by atoms with van der Waals surface area (Å²) < 4.78 is 0. The van der Waals surface area contributed by atoms with Gasteiger partial charge in [0.2, 0.25) is 0 Å². The molecule has 2 nitrogen and oxygen atoms in total. The number of benzene rings is 1. The van der Waals surface area contributed by atoms with Crippen molar-refractivity contribution < 1.29 is 5.11 Å². The van der Waals surface area contributed by atoms with Crippen molar-refractivity contribution in [2.45, 2.75) is 12.5 Å². The monoisotopic (exact) mass is 233 g/mol. The summed E-state index contributed by atoms with van der Waals surface area (Å²) in [5.74, 6) is 0. The third-order valence-corrected chi connectivity index (χ3v) is 2.80. The van der Waals surface area contributed by atoms with Gasteiger partial charge in [0.25, 0.3) is 0 Å². The molecule has 0 saturated carbocycles. The Labute approximate surface area is 93.8 Å². The van der Waals surface area contributed by atoms with Crippen LogP contribution in [-0.2, 0) is 5.60 Å². The predicted octanol–water partition coefficient (Wildman–Crippen LogP) is 2.42. The molecule has 0 bridgehead atoms. The van der Waals surface area contributed by atoms with E-state index in [1.54, 1.807) is 32.2 Å². The lowest BCUT2D eigenvalue weighted by Crippen LogP contribution is -2.33. The van der Waals surface area contributed by atoms with Crippen molar-refractivity contribution in [1.29, 1.82) is 0 Å². The van der Waals surface area contributed by atoms with Crippen molar-refractivity contribution in [3.8, 4) is 0 Å². The lowest BCUT2D eigenvalue weighted by Gasteiger charge is -2.23. The summed E-state index contributed by atoms with van der Waals surface area (Å²) in [5, 5.41) is 13.9. The fourth-order valence-electron chi connectivity index (χ4n) is 1.28. The van der Waals surface area contributed by atoms with Crippen LogP contribution in [0.1, 0.15) is 12.5 Å².